The number of carbonyl (C=O) groups excluding carboxylic acids is 2. The Labute approximate surface area is 174 Å². The number of aryl methyl sites for hydroxylation is 1. The van der Waals surface area contributed by atoms with Crippen LogP contribution in [0.4, 0.5) is 11.4 Å². The summed E-state index contributed by atoms with van der Waals surface area (Å²) in [6.07, 6.45) is 3.03. The van der Waals surface area contributed by atoms with Crippen LogP contribution in [0.3, 0.4) is 0 Å². The summed E-state index contributed by atoms with van der Waals surface area (Å²) >= 11 is 5.94. The molecule has 0 aliphatic carbocycles. The summed E-state index contributed by atoms with van der Waals surface area (Å²) in [5, 5.41) is 7.91. The minimum Gasteiger partial charge on any atom is -0.322 e. The third kappa shape index (κ3) is 3.76. The van der Waals surface area contributed by atoms with Crippen LogP contribution in [0.1, 0.15) is 34.5 Å². The van der Waals surface area contributed by atoms with E-state index in [0.29, 0.717) is 22.7 Å². The first-order valence-corrected chi connectivity index (χ1v) is 9.85. The van der Waals surface area contributed by atoms with Gasteiger partial charge in [-0.3, -0.25) is 9.59 Å². The van der Waals surface area contributed by atoms with E-state index in [2.05, 4.69) is 10.4 Å². The molecule has 1 aromatic heterocycles. The molecule has 2 heterocycles. The number of hydrogen-bond acceptors (Lipinski definition) is 3. The Morgan fingerprint density at radius 2 is 1.90 bits per heavy atom. The number of anilines is 2. The van der Waals surface area contributed by atoms with Crippen LogP contribution in [0.15, 0.2) is 48.7 Å². The Balaban J connectivity index is 1.53. The number of carbonyl (C=O) groups is 2. The molecule has 6 nitrogen and oxygen atoms in total. The number of nitrogens with zero attached hydrogens (tertiary/aromatic N) is 3. The summed E-state index contributed by atoms with van der Waals surface area (Å²) in [6.45, 7) is 4.54. The number of rotatable bonds is 4. The van der Waals surface area contributed by atoms with Crippen molar-refractivity contribution in [3.8, 4) is 5.69 Å². The van der Waals surface area contributed by atoms with Gasteiger partial charge in [-0.05, 0) is 68.3 Å². The maximum atomic E-state index is 12.8. The van der Waals surface area contributed by atoms with E-state index in [0.717, 1.165) is 35.6 Å². The first kappa shape index (κ1) is 19.2. The molecule has 0 spiro atoms. The SMILES string of the molecule is Cc1cc(NC(=O)c2cnn(-c3ccc(Cl)cc3)c2C)ccc1N1CCCC1=O. The molecule has 29 heavy (non-hydrogen) atoms. The molecule has 0 unspecified atom stereocenters. The highest BCUT2D eigenvalue weighted by atomic mass is 35.5. The number of aromatic nitrogens is 2. The van der Waals surface area contributed by atoms with Crippen molar-refractivity contribution in [2.45, 2.75) is 26.7 Å². The minimum absolute atomic E-state index is 0.148. The number of benzene rings is 2. The van der Waals surface area contributed by atoms with Crippen molar-refractivity contribution in [3.05, 3.63) is 70.5 Å². The lowest BCUT2D eigenvalue weighted by atomic mass is 10.1. The van der Waals surface area contributed by atoms with E-state index in [9.17, 15) is 9.59 Å². The number of nitrogens with one attached hydrogen (secondary N) is 1. The third-order valence-corrected chi connectivity index (χ3v) is 5.40. The fourth-order valence-corrected chi connectivity index (χ4v) is 3.74. The zero-order valence-corrected chi connectivity index (χ0v) is 17.0. The van der Waals surface area contributed by atoms with Crippen LogP contribution in [-0.4, -0.2) is 28.1 Å². The molecule has 0 atom stereocenters. The molecule has 3 aromatic rings. The summed E-state index contributed by atoms with van der Waals surface area (Å²) in [4.78, 5) is 26.6. The fourth-order valence-electron chi connectivity index (χ4n) is 3.61. The van der Waals surface area contributed by atoms with Crippen LogP contribution in [0.5, 0.6) is 0 Å². The summed E-state index contributed by atoms with van der Waals surface area (Å²) in [6, 6.07) is 12.9. The smallest absolute Gasteiger partial charge is 0.259 e. The average molecular weight is 409 g/mol. The van der Waals surface area contributed by atoms with E-state index in [1.54, 1.807) is 27.9 Å². The van der Waals surface area contributed by atoms with Gasteiger partial charge in [0.05, 0.1) is 23.1 Å². The largest absolute Gasteiger partial charge is 0.322 e. The molecule has 2 aromatic carbocycles. The standard InChI is InChI=1S/C22H21ClN4O2/c1-14-12-17(7-10-20(14)26-11-3-4-21(26)28)25-22(29)19-13-24-27(15(19)2)18-8-5-16(23)6-9-18/h5-10,12-13H,3-4,11H2,1-2H3,(H,25,29). The molecular weight excluding hydrogens is 388 g/mol. The van der Waals surface area contributed by atoms with Gasteiger partial charge in [-0.2, -0.15) is 5.10 Å². The van der Waals surface area contributed by atoms with Crippen molar-refractivity contribution in [1.29, 1.82) is 0 Å². The van der Waals surface area contributed by atoms with Crippen LogP contribution < -0.4 is 10.2 Å². The average Bonchev–Trinajstić information content (AvgIpc) is 3.28. The van der Waals surface area contributed by atoms with Crippen molar-refractivity contribution in [1.82, 2.24) is 9.78 Å². The lowest BCUT2D eigenvalue weighted by molar-refractivity contribution is -0.117. The molecule has 1 saturated heterocycles. The Hall–Kier alpha value is -3.12. The minimum atomic E-state index is -0.230. The zero-order valence-electron chi connectivity index (χ0n) is 16.3. The molecule has 1 aliphatic rings. The van der Waals surface area contributed by atoms with Gasteiger partial charge in [-0.15, -0.1) is 0 Å². The summed E-state index contributed by atoms with van der Waals surface area (Å²) < 4.78 is 1.71. The van der Waals surface area contributed by atoms with Crippen molar-refractivity contribution in [2.24, 2.45) is 0 Å². The molecule has 0 bridgehead atoms. The molecule has 2 amide bonds. The number of amides is 2. The van der Waals surface area contributed by atoms with E-state index in [1.165, 1.54) is 0 Å². The fraction of sp³-hybridized carbons (Fsp3) is 0.227. The summed E-state index contributed by atoms with van der Waals surface area (Å²) in [7, 11) is 0. The van der Waals surface area contributed by atoms with Crippen LogP contribution in [0, 0.1) is 13.8 Å². The van der Waals surface area contributed by atoms with Gasteiger partial charge in [-0.1, -0.05) is 11.6 Å². The Kier molecular flexibility index (Phi) is 5.11. The lowest BCUT2D eigenvalue weighted by Crippen LogP contribution is -2.24. The summed E-state index contributed by atoms with van der Waals surface area (Å²) in [5.74, 6) is -0.0813. The number of halogens is 1. The van der Waals surface area contributed by atoms with Gasteiger partial charge in [0.15, 0.2) is 0 Å². The molecule has 148 valence electrons. The molecular formula is C22H21ClN4O2. The second-order valence-corrected chi connectivity index (χ2v) is 7.57. The first-order valence-electron chi connectivity index (χ1n) is 9.47. The Morgan fingerprint density at radius 1 is 1.14 bits per heavy atom. The topological polar surface area (TPSA) is 67.2 Å². The normalized spacial score (nSPS) is 13.8. The third-order valence-electron chi connectivity index (χ3n) is 5.14. The molecule has 1 fully saturated rings. The monoisotopic (exact) mass is 408 g/mol. The second kappa shape index (κ2) is 7.72. The quantitative estimate of drug-likeness (QED) is 0.690. The van der Waals surface area contributed by atoms with E-state index in [4.69, 9.17) is 11.6 Å². The lowest BCUT2D eigenvalue weighted by Gasteiger charge is -2.19. The maximum absolute atomic E-state index is 12.8. The van der Waals surface area contributed by atoms with Crippen LogP contribution in [0.25, 0.3) is 5.69 Å². The first-order chi connectivity index (χ1) is 13.9. The second-order valence-electron chi connectivity index (χ2n) is 7.14. The summed E-state index contributed by atoms with van der Waals surface area (Å²) in [5.41, 5.74) is 4.60. The highest BCUT2D eigenvalue weighted by Crippen LogP contribution is 2.28. The highest BCUT2D eigenvalue weighted by molar-refractivity contribution is 6.30. The van der Waals surface area contributed by atoms with Crippen molar-refractivity contribution < 1.29 is 9.59 Å². The van der Waals surface area contributed by atoms with Gasteiger partial charge in [0, 0.05) is 29.4 Å². The maximum Gasteiger partial charge on any atom is 0.259 e. The predicted molar refractivity (Wildman–Crippen MR) is 114 cm³/mol. The Morgan fingerprint density at radius 3 is 2.55 bits per heavy atom. The predicted octanol–water partition coefficient (Wildman–Crippen LogP) is 4.52. The zero-order chi connectivity index (χ0) is 20.5. The Bertz CT molecular complexity index is 1090. The van der Waals surface area contributed by atoms with Gasteiger partial charge < -0.3 is 10.2 Å². The molecule has 7 heteroatoms. The van der Waals surface area contributed by atoms with Crippen LogP contribution in [0.2, 0.25) is 5.02 Å². The van der Waals surface area contributed by atoms with Crippen LogP contribution >= 0.6 is 11.6 Å². The van der Waals surface area contributed by atoms with Crippen molar-refractivity contribution in [2.75, 3.05) is 16.8 Å². The van der Waals surface area contributed by atoms with E-state index >= 15 is 0 Å². The molecule has 1 aliphatic heterocycles. The molecule has 0 radical (unpaired) electrons. The van der Waals surface area contributed by atoms with Gasteiger partial charge in [-0.25, -0.2) is 4.68 Å². The van der Waals surface area contributed by atoms with Crippen molar-refractivity contribution >= 4 is 34.8 Å². The van der Waals surface area contributed by atoms with Crippen LogP contribution in [-0.2, 0) is 4.79 Å². The molecule has 0 saturated carbocycles. The van der Waals surface area contributed by atoms with Gasteiger partial charge in [0.1, 0.15) is 0 Å². The van der Waals surface area contributed by atoms with E-state index in [1.807, 2.05) is 44.2 Å². The number of hydrogen-bond donors (Lipinski definition) is 1. The van der Waals surface area contributed by atoms with Crippen molar-refractivity contribution in [3.63, 3.8) is 0 Å². The highest BCUT2D eigenvalue weighted by Gasteiger charge is 2.23. The van der Waals surface area contributed by atoms with Gasteiger partial charge in [0.2, 0.25) is 5.91 Å². The van der Waals surface area contributed by atoms with Gasteiger partial charge in [0.25, 0.3) is 5.91 Å². The van der Waals surface area contributed by atoms with E-state index in [-0.39, 0.29) is 11.8 Å². The van der Waals surface area contributed by atoms with E-state index < -0.39 is 0 Å². The van der Waals surface area contributed by atoms with Gasteiger partial charge >= 0.3 is 0 Å². The molecule has 1 N–H and O–H groups in total. The molecule has 4 rings (SSSR count).